The molecule has 10 heteroatoms. The van der Waals surface area contributed by atoms with E-state index in [0.29, 0.717) is 28.5 Å². The van der Waals surface area contributed by atoms with Gasteiger partial charge in [0, 0.05) is 18.8 Å². The van der Waals surface area contributed by atoms with Gasteiger partial charge in [0.15, 0.2) is 0 Å². The van der Waals surface area contributed by atoms with Crippen LogP contribution in [0.3, 0.4) is 0 Å². The SMILES string of the molecule is COc1cccc(OC[C@@H](O)CNC(=O)Cn2cc(NC(=O)c3ccoc3C)cn2)c1. The number of aryl methyl sites for hydroxylation is 1. The van der Waals surface area contributed by atoms with Crippen LogP contribution < -0.4 is 20.1 Å². The van der Waals surface area contributed by atoms with Gasteiger partial charge in [-0.05, 0) is 25.1 Å². The number of aliphatic hydroxyl groups is 1. The number of hydrogen-bond acceptors (Lipinski definition) is 7. The molecule has 10 nitrogen and oxygen atoms in total. The zero-order valence-electron chi connectivity index (χ0n) is 17.2. The van der Waals surface area contributed by atoms with Crippen molar-refractivity contribution < 1.29 is 28.6 Å². The average Bonchev–Trinajstić information content (AvgIpc) is 3.39. The van der Waals surface area contributed by atoms with Crippen molar-refractivity contribution in [3.63, 3.8) is 0 Å². The minimum atomic E-state index is -0.888. The summed E-state index contributed by atoms with van der Waals surface area (Å²) in [5.74, 6) is 1.05. The van der Waals surface area contributed by atoms with Gasteiger partial charge in [0.1, 0.15) is 36.5 Å². The molecule has 0 saturated carbocycles. The van der Waals surface area contributed by atoms with E-state index < -0.39 is 6.10 Å². The Bertz CT molecular complexity index is 1030. The summed E-state index contributed by atoms with van der Waals surface area (Å²) in [5.41, 5.74) is 0.876. The third-order valence-electron chi connectivity index (χ3n) is 4.32. The third-order valence-corrected chi connectivity index (χ3v) is 4.32. The minimum Gasteiger partial charge on any atom is -0.497 e. The Labute approximate surface area is 178 Å². The Balaban J connectivity index is 1.40. The van der Waals surface area contributed by atoms with Gasteiger partial charge in [0.2, 0.25) is 5.91 Å². The summed E-state index contributed by atoms with van der Waals surface area (Å²) in [6.45, 7) is 1.66. The lowest BCUT2D eigenvalue weighted by Crippen LogP contribution is -2.37. The summed E-state index contributed by atoms with van der Waals surface area (Å²) >= 11 is 0. The van der Waals surface area contributed by atoms with E-state index in [9.17, 15) is 14.7 Å². The lowest BCUT2D eigenvalue weighted by molar-refractivity contribution is -0.122. The van der Waals surface area contributed by atoms with Gasteiger partial charge < -0.3 is 29.6 Å². The number of carbonyl (C=O) groups is 2. The monoisotopic (exact) mass is 428 g/mol. The first-order valence-electron chi connectivity index (χ1n) is 9.54. The van der Waals surface area contributed by atoms with E-state index in [2.05, 4.69) is 15.7 Å². The van der Waals surface area contributed by atoms with E-state index in [4.69, 9.17) is 13.9 Å². The molecule has 2 heterocycles. The molecule has 0 saturated heterocycles. The number of hydrogen-bond donors (Lipinski definition) is 3. The maximum atomic E-state index is 12.2. The highest BCUT2D eigenvalue weighted by atomic mass is 16.5. The van der Waals surface area contributed by atoms with Gasteiger partial charge in [-0.2, -0.15) is 5.10 Å². The second kappa shape index (κ2) is 10.3. The molecule has 0 aliphatic carbocycles. The van der Waals surface area contributed by atoms with Crippen molar-refractivity contribution in [1.82, 2.24) is 15.1 Å². The van der Waals surface area contributed by atoms with Gasteiger partial charge in [-0.1, -0.05) is 6.07 Å². The van der Waals surface area contributed by atoms with Crippen LogP contribution >= 0.6 is 0 Å². The molecule has 0 aliphatic heterocycles. The molecular formula is C21H24N4O6. The van der Waals surface area contributed by atoms with Crippen molar-refractivity contribution in [2.75, 3.05) is 25.6 Å². The highest BCUT2D eigenvalue weighted by Gasteiger charge is 2.13. The molecule has 0 fully saturated rings. The van der Waals surface area contributed by atoms with Crippen LogP contribution in [0.4, 0.5) is 5.69 Å². The topological polar surface area (TPSA) is 128 Å². The lowest BCUT2D eigenvalue weighted by Gasteiger charge is -2.13. The number of nitrogens with zero attached hydrogens (tertiary/aromatic N) is 2. The molecule has 31 heavy (non-hydrogen) atoms. The number of furan rings is 1. The molecule has 3 N–H and O–H groups in total. The minimum absolute atomic E-state index is 0.0127. The molecule has 2 aromatic heterocycles. The fraction of sp³-hybridized carbons (Fsp3) is 0.286. The van der Waals surface area contributed by atoms with Crippen molar-refractivity contribution in [3.8, 4) is 11.5 Å². The number of aromatic nitrogens is 2. The number of ether oxygens (including phenoxy) is 2. The van der Waals surface area contributed by atoms with E-state index in [0.717, 1.165) is 0 Å². The highest BCUT2D eigenvalue weighted by Crippen LogP contribution is 2.18. The Kier molecular flexibility index (Phi) is 7.28. The molecule has 164 valence electrons. The maximum Gasteiger partial charge on any atom is 0.259 e. The number of amides is 2. The van der Waals surface area contributed by atoms with Crippen LogP contribution in [0.2, 0.25) is 0 Å². The molecule has 2 amide bonds. The van der Waals surface area contributed by atoms with Gasteiger partial charge in [-0.25, -0.2) is 0 Å². The number of methoxy groups -OCH3 is 1. The van der Waals surface area contributed by atoms with Crippen molar-refractivity contribution in [1.29, 1.82) is 0 Å². The normalized spacial score (nSPS) is 11.6. The largest absolute Gasteiger partial charge is 0.497 e. The summed E-state index contributed by atoms with van der Waals surface area (Å²) in [4.78, 5) is 24.3. The first-order valence-corrected chi connectivity index (χ1v) is 9.54. The number of anilines is 1. The van der Waals surface area contributed by atoms with Crippen LogP contribution in [-0.2, 0) is 11.3 Å². The molecule has 0 spiro atoms. The van der Waals surface area contributed by atoms with Crippen LogP contribution in [-0.4, -0.2) is 53.1 Å². The zero-order chi connectivity index (χ0) is 22.2. The number of benzene rings is 1. The van der Waals surface area contributed by atoms with E-state index in [1.165, 1.54) is 23.3 Å². The van der Waals surface area contributed by atoms with E-state index >= 15 is 0 Å². The highest BCUT2D eigenvalue weighted by molar-refractivity contribution is 6.04. The van der Waals surface area contributed by atoms with Crippen LogP contribution in [0, 0.1) is 6.92 Å². The summed E-state index contributed by atoms with van der Waals surface area (Å²) in [7, 11) is 1.56. The number of nitrogens with one attached hydrogen (secondary N) is 2. The molecule has 3 aromatic rings. The standard InChI is InChI=1S/C21H24N4O6/c1-14-19(6-7-30-14)21(28)24-15-9-23-25(11-15)12-20(27)22-10-16(26)13-31-18-5-3-4-17(8-18)29-2/h3-9,11,16,26H,10,12-13H2,1-2H3,(H,22,27)(H,24,28)/t16-/m0/s1. The van der Waals surface area contributed by atoms with Crippen molar-refractivity contribution in [3.05, 3.63) is 60.3 Å². The lowest BCUT2D eigenvalue weighted by atomic mass is 10.2. The molecular weight excluding hydrogens is 404 g/mol. The fourth-order valence-electron chi connectivity index (χ4n) is 2.71. The van der Waals surface area contributed by atoms with Gasteiger partial charge in [0.05, 0.1) is 30.8 Å². The molecule has 0 radical (unpaired) electrons. The summed E-state index contributed by atoms with van der Waals surface area (Å²) in [6, 6.07) is 8.59. The van der Waals surface area contributed by atoms with Gasteiger partial charge in [-0.3, -0.25) is 14.3 Å². The van der Waals surface area contributed by atoms with Gasteiger partial charge >= 0.3 is 0 Å². The first-order chi connectivity index (χ1) is 14.9. The maximum absolute atomic E-state index is 12.2. The Hall–Kier alpha value is -3.79. The number of carbonyl (C=O) groups excluding carboxylic acids is 2. The third kappa shape index (κ3) is 6.34. The molecule has 0 bridgehead atoms. The predicted octanol–water partition coefficient (Wildman–Crippen LogP) is 1.60. The quantitative estimate of drug-likeness (QED) is 0.447. The van der Waals surface area contributed by atoms with Crippen molar-refractivity contribution in [2.45, 2.75) is 19.6 Å². The smallest absolute Gasteiger partial charge is 0.259 e. The molecule has 0 unspecified atom stereocenters. The second-order valence-electron chi connectivity index (χ2n) is 6.72. The molecule has 1 atom stereocenters. The average molecular weight is 428 g/mol. The first kappa shape index (κ1) is 21.9. The van der Waals surface area contributed by atoms with Crippen LogP contribution in [0.15, 0.2) is 53.4 Å². The fourth-order valence-corrected chi connectivity index (χ4v) is 2.71. The van der Waals surface area contributed by atoms with Crippen LogP contribution in [0.1, 0.15) is 16.1 Å². The van der Waals surface area contributed by atoms with Gasteiger partial charge in [0.25, 0.3) is 5.91 Å². The van der Waals surface area contributed by atoms with E-state index in [1.807, 2.05) is 0 Å². The second-order valence-corrected chi connectivity index (χ2v) is 6.72. The predicted molar refractivity (Wildman–Crippen MR) is 111 cm³/mol. The zero-order valence-corrected chi connectivity index (χ0v) is 17.2. The Morgan fingerprint density at radius 3 is 2.84 bits per heavy atom. The summed E-state index contributed by atoms with van der Waals surface area (Å²) in [6.07, 6.45) is 3.53. The van der Waals surface area contributed by atoms with Crippen LogP contribution in [0.5, 0.6) is 11.5 Å². The Morgan fingerprint density at radius 1 is 1.29 bits per heavy atom. The van der Waals surface area contributed by atoms with Gasteiger partial charge in [-0.15, -0.1) is 0 Å². The van der Waals surface area contributed by atoms with Crippen molar-refractivity contribution >= 4 is 17.5 Å². The van der Waals surface area contributed by atoms with Crippen molar-refractivity contribution in [2.24, 2.45) is 0 Å². The molecule has 1 aromatic carbocycles. The number of rotatable bonds is 10. The van der Waals surface area contributed by atoms with Crippen LogP contribution in [0.25, 0.3) is 0 Å². The number of aliphatic hydroxyl groups excluding tert-OH is 1. The van der Waals surface area contributed by atoms with E-state index in [-0.39, 0.29) is 31.5 Å². The summed E-state index contributed by atoms with van der Waals surface area (Å²) < 4.78 is 17.1. The summed E-state index contributed by atoms with van der Waals surface area (Å²) in [5, 5.41) is 19.4. The van der Waals surface area contributed by atoms with E-state index in [1.54, 1.807) is 44.4 Å². The molecule has 3 rings (SSSR count). The Morgan fingerprint density at radius 2 is 2.10 bits per heavy atom. The molecule has 0 aliphatic rings.